The first-order chi connectivity index (χ1) is 8.69. The van der Waals surface area contributed by atoms with E-state index >= 15 is 0 Å². The largest absolute Gasteiger partial charge is 0.326 e. The minimum atomic E-state index is 0.145. The molecular weight excluding hydrogens is 224 g/mol. The fourth-order valence-electron chi connectivity index (χ4n) is 2.48. The molecule has 2 unspecified atom stereocenters. The number of piperidine rings is 1. The summed E-state index contributed by atoms with van der Waals surface area (Å²) in [6.45, 7) is 5.20. The van der Waals surface area contributed by atoms with Crippen LogP contribution < -0.4 is 10.6 Å². The van der Waals surface area contributed by atoms with Crippen LogP contribution >= 0.6 is 0 Å². The molecule has 98 valence electrons. The van der Waals surface area contributed by atoms with E-state index in [4.69, 9.17) is 0 Å². The standard InChI is InChI=1S/C15H22N2O/c1-3-12-5-4-6-14(10-12)17-15(18)13-7-8-16-11(2)9-13/h4-6,10-11,13,16H,3,7-9H2,1-2H3,(H,17,18). The first-order valence-electron chi connectivity index (χ1n) is 6.82. The van der Waals surface area contributed by atoms with E-state index in [1.807, 2.05) is 12.1 Å². The number of nitrogens with one attached hydrogen (secondary N) is 2. The molecule has 1 heterocycles. The van der Waals surface area contributed by atoms with E-state index in [0.29, 0.717) is 6.04 Å². The molecule has 1 aromatic carbocycles. The Morgan fingerprint density at radius 1 is 1.50 bits per heavy atom. The Morgan fingerprint density at radius 3 is 3.06 bits per heavy atom. The van der Waals surface area contributed by atoms with E-state index in [-0.39, 0.29) is 11.8 Å². The SMILES string of the molecule is CCc1cccc(NC(=O)C2CCNC(C)C2)c1. The monoisotopic (exact) mass is 246 g/mol. The number of hydrogen-bond acceptors (Lipinski definition) is 2. The highest BCUT2D eigenvalue weighted by Crippen LogP contribution is 2.19. The van der Waals surface area contributed by atoms with Gasteiger partial charge < -0.3 is 10.6 Å². The molecule has 0 saturated carbocycles. The van der Waals surface area contributed by atoms with Crippen molar-refractivity contribution in [3.63, 3.8) is 0 Å². The summed E-state index contributed by atoms with van der Waals surface area (Å²) in [4.78, 5) is 12.2. The molecule has 0 aromatic heterocycles. The summed E-state index contributed by atoms with van der Waals surface area (Å²) in [5, 5.41) is 6.41. The molecule has 2 rings (SSSR count). The van der Waals surface area contributed by atoms with Gasteiger partial charge in [0.1, 0.15) is 0 Å². The number of carbonyl (C=O) groups is 1. The smallest absolute Gasteiger partial charge is 0.227 e. The number of aryl methyl sites for hydroxylation is 1. The second-order valence-electron chi connectivity index (χ2n) is 5.12. The van der Waals surface area contributed by atoms with Crippen LogP contribution in [0.1, 0.15) is 32.3 Å². The number of rotatable bonds is 3. The summed E-state index contributed by atoms with van der Waals surface area (Å²) in [6.07, 6.45) is 2.86. The quantitative estimate of drug-likeness (QED) is 0.860. The Hall–Kier alpha value is -1.35. The van der Waals surface area contributed by atoms with Crippen LogP contribution in [0.3, 0.4) is 0 Å². The number of hydrogen-bond donors (Lipinski definition) is 2. The van der Waals surface area contributed by atoms with Gasteiger partial charge in [-0.15, -0.1) is 0 Å². The summed E-state index contributed by atoms with van der Waals surface area (Å²) < 4.78 is 0. The molecular formula is C15H22N2O. The second-order valence-corrected chi connectivity index (χ2v) is 5.12. The minimum Gasteiger partial charge on any atom is -0.326 e. The van der Waals surface area contributed by atoms with E-state index in [0.717, 1.165) is 31.5 Å². The summed E-state index contributed by atoms with van der Waals surface area (Å²) in [6, 6.07) is 8.54. The lowest BCUT2D eigenvalue weighted by molar-refractivity contribution is -0.120. The molecule has 1 saturated heterocycles. The van der Waals surface area contributed by atoms with Crippen LogP contribution in [0.15, 0.2) is 24.3 Å². The van der Waals surface area contributed by atoms with Crippen LogP contribution in [-0.2, 0) is 11.2 Å². The molecule has 2 N–H and O–H groups in total. The van der Waals surface area contributed by atoms with Crippen molar-refractivity contribution in [3.05, 3.63) is 29.8 Å². The van der Waals surface area contributed by atoms with Crippen molar-refractivity contribution in [2.24, 2.45) is 5.92 Å². The molecule has 2 atom stereocenters. The lowest BCUT2D eigenvalue weighted by atomic mass is 9.92. The fourth-order valence-corrected chi connectivity index (χ4v) is 2.48. The van der Waals surface area contributed by atoms with Gasteiger partial charge in [-0.2, -0.15) is 0 Å². The summed E-state index contributed by atoms with van der Waals surface area (Å²) in [5.74, 6) is 0.308. The Labute approximate surface area is 109 Å². The first-order valence-corrected chi connectivity index (χ1v) is 6.82. The van der Waals surface area contributed by atoms with Gasteiger partial charge in [0.2, 0.25) is 5.91 Å². The predicted molar refractivity (Wildman–Crippen MR) is 74.6 cm³/mol. The van der Waals surface area contributed by atoms with E-state index in [9.17, 15) is 4.79 Å². The zero-order chi connectivity index (χ0) is 13.0. The highest BCUT2D eigenvalue weighted by molar-refractivity contribution is 5.92. The second kappa shape index (κ2) is 6.01. The molecule has 1 aliphatic heterocycles. The van der Waals surface area contributed by atoms with Crippen molar-refractivity contribution in [1.82, 2.24) is 5.32 Å². The Morgan fingerprint density at radius 2 is 2.33 bits per heavy atom. The van der Waals surface area contributed by atoms with Gasteiger partial charge in [0.05, 0.1) is 0 Å². The number of benzene rings is 1. The summed E-state index contributed by atoms with van der Waals surface area (Å²) in [7, 11) is 0. The molecule has 1 fully saturated rings. The average molecular weight is 246 g/mol. The maximum absolute atomic E-state index is 12.2. The van der Waals surface area contributed by atoms with Crippen LogP contribution in [-0.4, -0.2) is 18.5 Å². The third kappa shape index (κ3) is 3.33. The van der Waals surface area contributed by atoms with Crippen LogP contribution in [0.25, 0.3) is 0 Å². The number of carbonyl (C=O) groups excluding carboxylic acids is 1. The van der Waals surface area contributed by atoms with Crippen molar-refractivity contribution in [3.8, 4) is 0 Å². The van der Waals surface area contributed by atoms with Gasteiger partial charge in [0.15, 0.2) is 0 Å². The van der Waals surface area contributed by atoms with Gasteiger partial charge in [-0.05, 0) is 50.4 Å². The lowest BCUT2D eigenvalue weighted by Crippen LogP contribution is -2.40. The first kappa shape index (κ1) is 13.1. The van der Waals surface area contributed by atoms with Crippen molar-refractivity contribution in [1.29, 1.82) is 0 Å². The number of anilines is 1. The third-order valence-electron chi connectivity index (χ3n) is 3.60. The van der Waals surface area contributed by atoms with Gasteiger partial charge in [-0.25, -0.2) is 0 Å². The molecule has 1 aromatic rings. The normalized spacial score (nSPS) is 23.7. The Balaban J connectivity index is 1.97. The van der Waals surface area contributed by atoms with Crippen molar-refractivity contribution in [2.45, 2.75) is 39.2 Å². The van der Waals surface area contributed by atoms with Gasteiger partial charge in [-0.1, -0.05) is 19.1 Å². The van der Waals surface area contributed by atoms with E-state index in [1.54, 1.807) is 0 Å². The zero-order valence-electron chi connectivity index (χ0n) is 11.2. The van der Waals surface area contributed by atoms with Gasteiger partial charge in [0.25, 0.3) is 0 Å². The molecule has 1 aliphatic rings. The molecule has 1 amide bonds. The van der Waals surface area contributed by atoms with Crippen LogP contribution in [0.2, 0.25) is 0 Å². The van der Waals surface area contributed by atoms with E-state index in [1.165, 1.54) is 5.56 Å². The summed E-state index contributed by atoms with van der Waals surface area (Å²) in [5.41, 5.74) is 2.18. The Kier molecular flexibility index (Phi) is 4.37. The molecule has 3 heteroatoms. The third-order valence-corrected chi connectivity index (χ3v) is 3.60. The predicted octanol–water partition coefficient (Wildman–Crippen LogP) is 2.58. The fraction of sp³-hybridized carbons (Fsp3) is 0.533. The minimum absolute atomic E-state index is 0.145. The number of amides is 1. The van der Waals surface area contributed by atoms with E-state index < -0.39 is 0 Å². The zero-order valence-corrected chi connectivity index (χ0v) is 11.2. The van der Waals surface area contributed by atoms with Crippen LogP contribution in [0.4, 0.5) is 5.69 Å². The maximum atomic E-state index is 12.2. The van der Waals surface area contributed by atoms with Gasteiger partial charge in [-0.3, -0.25) is 4.79 Å². The highest BCUT2D eigenvalue weighted by Gasteiger charge is 2.24. The molecule has 0 bridgehead atoms. The van der Waals surface area contributed by atoms with Crippen molar-refractivity contribution < 1.29 is 4.79 Å². The molecule has 3 nitrogen and oxygen atoms in total. The van der Waals surface area contributed by atoms with Gasteiger partial charge >= 0.3 is 0 Å². The topological polar surface area (TPSA) is 41.1 Å². The maximum Gasteiger partial charge on any atom is 0.227 e. The van der Waals surface area contributed by atoms with Crippen LogP contribution in [0, 0.1) is 5.92 Å². The molecule has 18 heavy (non-hydrogen) atoms. The lowest BCUT2D eigenvalue weighted by Gasteiger charge is -2.27. The van der Waals surface area contributed by atoms with Crippen LogP contribution in [0.5, 0.6) is 0 Å². The van der Waals surface area contributed by atoms with Crippen molar-refractivity contribution in [2.75, 3.05) is 11.9 Å². The summed E-state index contributed by atoms with van der Waals surface area (Å²) >= 11 is 0. The molecule has 0 radical (unpaired) electrons. The Bertz CT molecular complexity index is 417. The van der Waals surface area contributed by atoms with Crippen molar-refractivity contribution >= 4 is 11.6 Å². The van der Waals surface area contributed by atoms with E-state index in [2.05, 4.69) is 36.6 Å². The average Bonchev–Trinajstić information content (AvgIpc) is 2.39. The highest BCUT2D eigenvalue weighted by atomic mass is 16.1. The molecule has 0 aliphatic carbocycles. The molecule has 0 spiro atoms. The van der Waals surface area contributed by atoms with Gasteiger partial charge in [0, 0.05) is 17.6 Å².